The fourth-order valence-electron chi connectivity index (χ4n) is 1.64. The van der Waals surface area contributed by atoms with Crippen LogP contribution in [0.15, 0.2) is 30.6 Å². The second-order valence-electron chi connectivity index (χ2n) is 3.24. The SMILES string of the molecule is CC.Cc1ncnc2c1sc1ccccc12. The molecule has 0 N–H and O–H groups in total. The highest BCUT2D eigenvalue weighted by Gasteiger charge is 2.07. The predicted molar refractivity (Wildman–Crippen MR) is 71.0 cm³/mol. The lowest BCUT2D eigenvalue weighted by Gasteiger charge is -1.91. The highest BCUT2D eigenvalue weighted by atomic mass is 32.1. The minimum atomic E-state index is 1.07. The number of hydrogen-bond donors (Lipinski definition) is 0. The Morgan fingerprint density at radius 1 is 1.06 bits per heavy atom. The van der Waals surface area contributed by atoms with Crippen molar-refractivity contribution in [3.8, 4) is 0 Å². The zero-order chi connectivity index (χ0) is 11.5. The number of benzene rings is 1. The van der Waals surface area contributed by atoms with E-state index in [0.29, 0.717) is 0 Å². The van der Waals surface area contributed by atoms with Crippen LogP contribution in [0.4, 0.5) is 0 Å². The first kappa shape index (κ1) is 11.0. The Hall–Kier alpha value is -1.48. The average Bonchev–Trinajstić information content (AvgIpc) is 2.72. The van der Waals surface area contributed by atoms with Gasteiger partial charge in [-0.15, -0.1) is 11.3 Å². The van der Waals surface area contributed by atoms with Gasteiger partial charge in [0.05, 0.1) is 15.9 Å². The van der Waals surface area contributed by atoms with Gasteiger partial charge in [-0.3, -0.25) is 0 Å². The van der Waals surface area contributed by atoms with E-state index in [1.807, 2.05) is 26.8 Å². The summed E-state index contributed by atoms with van der Waals surface area (Å²) in [5.41, 5.74) is 2.15. The van der Waals surface area contributed by atoms with E-state index in [2.05, 4.69) is 28.2 Å². The van der Waals surface area contributed by atoms with E-state index in [0.717, 1.165) is 11.2 Å². The molecule has 0 atom stereocenters. The van der Waals surface area contributed by atoms with Gasteiger partial charge in [0.2, 0.25) is 0 Å². The monoisotopic (exact) mass is 230 g/mol. The molecule has 0 unspecified atom stereocenters. The number of rotatable bonds is 0. The minimum absolute atomic E-state index is 1.07. The first-order valence-electron chi connectivity index (χ1n) is 5.45. The summed E-state index contributed by atoms with van der Waals surface area (Å²) in [5.74, 6) is 0. The molecule has 0 bridgehead atoms. The Morgan fingerprint density at radius 2 is 1.81 bits per heavy atom. The lowest BCUT2D eigenvalue weighted by molar-refractivity contribution is 1.16. The van der Waals surface area contributed by atoms with Gasteiger partial charge in [-0.05, 0) is 13.0 Å². The molecule has 1 aromatic carbocycles. The molecule has 82 valence electrons. The molecule has 2 aromatic heterocycles. The van der Waals surface area contributed by atoms with Crippen molar-refractivity contribution >= 4 is 31.6 Å². The number of hydrogen-bond acceptors (Lipinski definition) is 3. The van der Waals surface area contributed by atoms with Crippen molar-refractivity contribution in [2.75, 3.05) is 0 Å². The molecule has 3 heteroatoms. The van der Waals surface area contributed by atoms with Gasteiger partial charge < -0.3 is 0 Å². The summed E-state index contributed by atoms with van der Waals surface area (Å²) >= 11 is 1.76. The van der Waals surface area contributed by atoms with Crippen LogP contribution in [0.5, 0.6) is 0 Å². The molecule has 0 amide bonds. The third-order valence-electron chi connectivity index (χ3n) is 2.34. The zero-order valence-corrected chi connectivity index (χ0v) is 10.5. The van der Waals surface area contributed by atoms with Gasteiger partial charge in [0.15, 0.2) is 0 Å². The molecular weight excluding hydrogens is 216 g/mol. The van der Waals surface area contributed by atoms with Gasteiger partial charge in [-0.25, -0.2) is 9.97 Å². The Balaban J connectivity index is 0.000000457. The lowest BCUT2D eigenvalue weighted by Crippen LogP contribution is -1.81. The van der Waals surface area contributed by atoms with Gasteiger partial charge in [0.25, 0.3) is 0 Å². The van der Waals surface area contributed by atoms with Crippen molar-refractivity contribution in [1.82, 2.24) is 9.97 Å². The van der Waals surface area contributed by atoms with Crippen LogP contribution in [0.1, 0.15) is 19.5 Å². The maximum atomic E-state index is 4.33. The third-order valence-corrected chi connectivity index (χ3v) is 3.60. The Kier molecular flexibility index (Phi) is 3.15. The summed E-state index contributed by atoms with van der Waals surface area (Å²) in [6, 6.07) is 8.34. The standard InChI is InChI=1S/C11H8N2S.C2H6/c1-7-11-10(13-6-12-7)8-4-2-3-5-9(8)14-11;1-2/h2-6H,1H3;1-2H3. The predicted octanol–water partition coefficient (Wildman–Crippen LogP) is 4.18. The highest BCUT2D eigenvalue weighted by molar-refractivity contribution is 7.25. The van der Waals surface area contributed by atoms with Crippen molar-refractivity contribution in [3.63, 3.8) is 0 Å². The van der Waals surface area contributed by atoms with Crippen LogP contribution in [0.3, 0.4) is 0 Å². The van der Waals surface area contributed by atoms with Gasteiger partial charge in [0.1, 0.15) is 6.33 Å². The van der Waals surface area contributed by atoms with E-state index in [9.17, 15) is 0 Å². The molecular formula is C13H14N2S. The van der Waals surface area contributed by atoms with E-state index >= 15 is 0 Å². The number of nitrogens with zero attached hydrogens (tertiary/aromatic N) is 2. The lowest BCUT2D eigenvalue weighted by atomic mass is 10.2. The first-order valence-corrected chi connectivity index (χ1v) is 6.27. The van der Waals surface area contributed by atoms with Crippen LogP contribution < -0.4 is 0 Å². The third kappa shape index (κ3) is 1.67. The van der Waals surface area contributed by atoms with Crippen molar-refractivity contribution in [2.45, 2.75) is 20.8 Å². The van der Waals surface area contributed by atoms with E-state index in [1.165, 1.54) is 14.8 Å². The second-order valence-corrected chi connectivity index (χ2v) is 4.29. The number of aromatic nitrogens is 2. The summed E-state index contributed by atoms with van der Waals surface area (Å²) in [4.78, 5) is 8.53. The van der Waals surface area contributed by atoms with Gasteiger partial charge in [-0.1, -0.05) is 32.0 Å². The summed E-state index contributed by atoms with van der Waals surface area (Å²) < 4.78 is 2.49. The second kappa shape index (κ2) is 4.58. The van der Waals surface area contributed by atoms with Gasteiger partial charge in [0, 0.05) is 10.1 Å². The Morgan fingerprint density at radius 3 is 2.62 bits per heavy atom. The van der Waals surface area contributed by atoms with E-state index < -0.39 is 0 Å². The van der Waals surface area contributed by atoms with Crippen LogP contribution in [0.2, 0.25) is 0 Å². The van der Waals surface area contributed by atoms with E-state index in [1.54, 1.807) is 17.7 Å². The summed E-state index contributed by atoms with van der Waals surface area (Å²) in [6.45, 7) is 6.03. The molecule has 0 radical (unpaired) electrons. The number of fused-ring (bicyclic) bond motifs is 3. The molecule has 0 fully saturated rings. The quantitative estimate of drug-likeness (QED) is 0.579. The molecule has 16 heavy (non-hydrogen) atoms. The average molecular weight is 230 g/mol. The van der Waals surface area contributed by atoms with Crippen molar-refractivity contribution in [3.05, 3.63) is 36.3 Å². The van der Waals surface area contributed by atoms with Crippen molar-refractivity contribution in [1.29, 1.82) is 0 Å². The normalized spacial score (nSPS) is 10.2. The highest BCUT2D eigenvalue weighted by Crippen LogP contribution is 2.32. The van der Waals surface area contributed by atoms with Crippen molar-refractivity contribution in [2.24, 2.45) is 0 Å². The topological polar surface area (TPSA) is 25.8 Å². The number of thiophene rings is 1. The summed E-state index contributed by atoms with van der Waals surface area (Å²) in [5, 5.41) is 1.23. The summed E-state index contributed by atoms with van der Waals surface area (Å²) in [7, 11) is 0. The molecule has 0 aliphatic heterocycles. The van der Waals surface area contributed by atoms with Crippen LogP contribution in [-0.4, -0.2) is 9.97 Å². The molecule has 3 rings (SSSR count). The summed E-state index contributed by atoms with van der Waals surface area (Å²) in [6.07, 6.45) is 1.64. The fraction of sp³-hybridized carbons (Fsp3) is 0.231. The maximum Gasteiger partial charge on any atom is 0.116 e. The van der Waals surface area contributed by atoms with E-state index in [-0.39, 0.29) is 0 Å². The molecule has 0 aliphatic rings. The maximum absolute atomic E-state index is 4.33. The molecule has 0 aliphatic carbocycles. The Labute approximate surface area is 99.0 Å². The van der Waals surface area contributed by atoms with Crippen LogP contribution in [-0.2, 0) is 0 Å². The van der Waals surface area contributed by atoms with Crippen molar-refractivity contribution < 1.29 is 0 Å². The molecule has 3 aromatic rings. The fourth-order valence-corrected chi connectivity index (χ4v) is 2.74. The van der Waals surface area contributed by atoms with Crippen LogP contribution in [0, 0.1) is 6.92 Å². The molecule has 0 saturated heterocycles. The smallest absolute Gasteiger partial charge is 0.116 e. The Bertz CT molecular complexity index is 613. The largest absolute Gasteiger partial charge is 0.240 e. The molecule has 2 heterocycles. The molecule has 2 nitrogen and oxygen atoms in total. The van der Waals surface area contributed by atoms with Gasteiger partial charge in [-0.2, -0.15) is 0 Å². The number of aryl methyl sites for hydroxylation is 1. The van der Waals surface area contributed by atoms with Gasteiger partial charge >= 0.3 is 0 Å². The molecule has 0 saturated carbocycles. The zero-order valence-electron chi connectivity index (χ0n) is 9.69. The molecule has 0 spiro atoms. The minimum Gasteiger partial charge on any atom is -0.240 e. The van der Waals surface area contributed by atoms with E-state index in [4.69, 9.17) is 0 Å². The van der Waals surface area contributed by atoms with Crippen LogP contribution >= 0.6 is 11.3 Å². The van der Waals surface area contributed by atoms with Crippen LogP contribution in [0.25, 0.3) is 20.3 Å². The first-order chi connectivity index (χ1) is 7.86.